The van der Waals surface area contributed by atoms with E-state index >= 15 is 0 Å². The highest BCUT2D eigenvalue weighted by atomic mass is 16.5. The molecule has 4 rings (SSSR count). The highest BCUT2D eigenvalue weighted by Crippen LogP contribution is 2.21. The lowest BCUT2D eigenvalue weighted by atomic mass is 10.2. The van der Waals surface area contributed by atoms with E-state index in [0.717, 1.165) is 5.39 Å². The average molecular weight is 361 g/mol. The number of para-hydroxylation sites is 1. The Morgan fingerprint density at radius 2 is 1.89 bits per heavy atom. The van der Waals surface area contributed by atoms with Crippen molar-refractivity contribution in [3.05, 3.63) is 78.8 Å². The van der Waals surface area contributed by atoms with Crippen molar-refractivity contribution in [2.75, 3.05) is 5.32 Å². The van der Waals surface area contributed by atoms with Gasteiger partial charge >= 0.3 is 5.97 Å². The first-order valence-electron chi connectivity index (χ1n) is 8.25. The number of hydrogen-bond acceptors (Lipinski definition) is 5. The molecule has 2 aromatic heterocycles. The predicted octanol–water partition coefficient (Wildman–Crippen LogP) is 3.49. The van der Waals surface area contributed by atoms with Crippen LogP contribution in [0.25, 0.3) is 11.0 Å². The molecule has 7 nitrogen and oxygen atoms in total. The summed E-state index contributed by atoms with van der Waals surface area (Å²) in [4.78, 5) is 24.2. The predicted molar refractivity (Wildman–Crippen MR) is 98.5 cm³/mol. The molecule has 134 valence electrons. The van der Waals surface area contributed by atoms with Gasteiger partial charge in [-0.15, -0.1) is 0 Å². The number of aromatic nitrogens is 2. The molecule has 0 unspecified atom stereocenters. The third kappa shape index (κ3) is 3.87. The molecular formula is C20H15N3O4. The number of ether oxygens (including phenoxy) is 1. The lowest BCUT2D eigenvalue weighted by molar-refractivity contribution is -0.116. The van der Waals surface area contributed by atoms with Crippen LogP contribution in [0.3, 0.4) is 0 Å². The Balaban J connectivity index is 1.38. The molecule has 0 aliphatic carbocycles. The summed E-state index contributed by atoms with van der Waals surface area (Å²) in [5, 5.41) is 7.56. The number of amides is 1. The van der Waals surface area contributed by atoms with Gasteiger partial charge in [-0.1, -0.05) is 18.2 Å². The standard InChI is InChI=1S/C20H15N3O4/c24-19(13-23-11-3-10-21-23)22-15-6-8-16(9-7-15)26-20(25)18-12-14-4-1-2-5-17(14)27-18/h1-12H,13H2,(H,22,24). The zero-order valence-electron chi connectivity index (χ0n) is 14.2. The fourth-order valence-corrected chi connectivity index (χ4v) is 2.59. The second-order valence-electron chi connectivity index (χ2n) is 5.81. The molecule has 0 bridgehead atoms. The SMILES string of the molecule is O=C(Cn1cccn1)Nc1ccc(OC(=O)c2cc3ccccc3o2)cc1. The van der Waals surface area contributed by atoms with E-state index in [4.69, 9.17) is 9.15 Å². The fraction of sp³-hybridized carbons (Fsp3) is 0.0500. The minimum Gasteiger partial charge on any atom is -0.449 e. The quantitative estimate of drug-likeness (QED) is 0.434. The van der Waals surface area contributed by atoms with E-state index in [0.29, 0.717) is 17.0 Å². The Kier molecular flexibility index (Phi) is 4.40. The van der Waals surface area contributed by atoms with Crippen LogP contribution in [0.2, 0.25) is 0 Å². The summed E-state index contributed by atoms with van der Waals surface area (Å²) in [6.45, 7) is 0.121. The summed E-state index contributed by atoms with van der Waals surface area (Å²) >= 11 is 0. The molecule has 0 radical (unpaired) electrons. The Labute approximate surface area is 154 Å². The Hall–Kier alpha value is -3.87. The highest BCUT2D eigenvalue weighted by Gasteiger charge is 2.14. The molecule has 0 aliphatic heterocycles. The number of hydrogen-bond donors (Lipinski definition) is 1. The highest BCUT2D eigenvalue weighted by molar-refractivity contribution is 5.94. The minimum atomic E-state index is -0.582. The monoisotopic (exact) mass is 361 g/mol. The van der Waals surface area contributed by atoms with Gasteiger partial charge in [-0.25, -0.2) is 4.79 Å². The zero-order valence-corrected chi connectivity index (χ0v) is 14.2. The van der Waals surface area contributed by atoms with Crippen LogP contribution in [0, 0.1) is 0 Å². The molecule has 0 saturated carbocycles. The molecule has 4 aromatic rings. The van der Waals surface area contributed by atoms with E-state index in [1.54, 1.807) is 54.9 Å². The lowest BCUT2D eigenvalue weighted by Crippen LogP contribution is -2.18. The van der Waals surface area contributed by atoms with Crippen LogP contribution in [0.15, 0.2) is 77.5 Å². The number of nitrogens with zero attached hydrogens (tertiary/aromatic N) is 2. The molecule has 7 heteroatoms. The summed E-state index contributed by atoms with van der Waals surface area (Å²) in [6, 6.07) is 17.2. The topological polar surface area (TPSA) is 86.4 Å². The first kappa shape index (κ1) is 16.6. The van der Waals surface area contributed by atoms with Gasteiger partial charge in [0.2, 0.25) is 11.7 Å². The summed E-state index contributed by atoms with van der Waals surface area (Å²) in [5.74, 6) is -0.300. The van der Waals surface area contributed by atoms with Crippen molar-refractivity contribution in [1.29, 1.82) is 0 Å². The maximum Gasteiger partial charge on any atom is 0.379 e. The second-order valence-corrected chi connectivity index (χ2v) is 5.81. The van der Waals surface area contributed by atoms with Crippen molar-refractivity contribution in [1.82, 2.24) is 9.78 Å². The molecule has 0 aliphatic rings. The Bertz CT molecular complexity index is 1050. The van der Waals surface area contributed by atoms with E-state index in [1.807, 2.05) is 18.2 Å². The van der Waals surface area contributed by atoms with Crippen LogP contribution in [-0.4, -0.2) is 21.7 Å². The van der Waals surface area contributed by atoms with Crippen LogP contribution in [-0.2, 0) is 11.3 Å². The van der Waals surface area contributed by atoms with Gasteiger partial charge in [0.25, 0.3) is 0 Å². The largest absolute Gasteiger partial charge is 0.449 e. The molecule has 0 atom stereocenters. The van der Waals surface area contributed by atoms with Gasteiger partial charge in [-0.3, -0.25) is 9.48 Å². The molecular weight excluding hydrogens is 346 g/mol. The Morgan fingerprint density at radius 3 is 2.63 bits per heavy atom. The smallest absolute Gasteiger partial charge is 0.379 e. The van der Waals surface area contributed by atoms with E-state index < -0.39 is 5.97 Å². The normalized spacial score (nSPS) is 10.7. The van der Waals surface area contributed by atoms with Crippen molar-refractivity contribution in [3.8, 4) is 5.75 Å². The van der Waals surface area contributed by atoms with Gasteiger partial charge in [0, 0.05) is 23.5 Å². The van der Waals surface area contributed by atoms with E-state index in [-0.39, 0.29) is 18.2 Å². The minimum absolute atomic E-state index is 0.121. The number of carbonyl (C=O) groups excluding carboxylic acids is 2. The van der Waals surface area contributed by atoms with Gasteiger partial charge in [0.1, 0.15) is 17.9 Å². The van der Waals surface area contributed by atoms with Crippen LogP contribution in [0.1, 0.15) is 10.6 Å². The van der Waals surface area contributed by atoms with Gasteiger partial charge in [-0.2, -0.15) is 5.10 Å². The van der Waals surface area contributed by atoms with Crippen molar-refractivity contribution in [3.63, 3.8) is 0 Å². The number of benzene rings is 2. The molecule has 0 spiro atoms. The maximum absolute atomic E-state index is 12.2. The molecule has 27 heavy (non-hydrogen) atoms. The van der Waals surface area contributed by atoms with E-state index in [9.17, 15) is 9.59 Å². The number of carbonyl (C=O) groups is 2. The third-order valence-electron chi connectivity index (χ3n) is 3.84. The number of fused-ring (bicyclic) bond motifs is 1. The summed E-state index contributed by atoms with van der Waals surface area (Å²) < 4.78 is 12.3. The lowest BCUT2D eigenvalue weighted by Gasteiger charge is -2.07. The average Bonchev–Trinajstić information content (AvgIpc) is 3.32. The number of rotatable bonds is 5. The van der Waals surface area contributed by atoms with Gasteiger partial charge in [0.05, 0.1) is 0 Å². The first-order chi connectivity index (χ1) is 13.2. The van der Waals surface area contributed by atoms with Crippen LogP contribution in [0.4, 0.5) is 5.69 Å². The maximum atomic E-state index is 12.2. The van der Waals surface area contributed by atoms with Crippen molar-refractivity contribution in [2.45, 2.75) is 6.54 Å². The number of furan rings is 1. The van der Waals surface area contributed by atoms with Crippen LogP contribution >= 0.6 is 0 Å². The number of nitrogens with one attached hydrogen (secondary N) is 1. The van der Waals surface area contributed by atoms with Crippen LogP contribution in [0.5, 0.6) is 5.75 Å². The second kappa shape index (κ2) is 7.17. The van der Waals surface area contributed by atoms with Gasteiger partial charge < -0.3 is 14.5 Å². The number of anilines is 1. The molecule has 0 fully saturated rings. The zero-order chi connectivity index (χ0) is 18.6. The third-order valence-corrected chi connectivity index (χ3v) is 3.84. The van der Waals surface area contributed by atoms with Crippen molar-refractivity contribution < 1.29 is 18.7 Å². The van der Waals surface area contributed by atoms with Crippen molar-refractivity contribution >= 4 is 28.5 Å². The molecule has 1 amide bonds. The van der Waals surface area contributed by atoms with Crippen molar-refractivity contribution in [2.24, 2.45) is 0 Å². The van der Waals surface area contributed by atoms with Gasteiger partial charge in [0.15, 0.2) is 0 Å². The molecule has 2 heterocycles. The summed E-state index contributed by atoms with van der Waals surface area (Å²) in [7, 11) is 0. The number of esters is 1. The molecule has 1 N–H and O–H groups in total. The Morgan fingerprint density at radius 1 is 1.07 bits per heavy atom. The molecule has 2 aromatic carbocycles. The van der Waals surface area contributed by atoms with E-state index in [1.165, 1.54) is 4.68 Å². The van der Waals surface area contributed by atoms with E-state index in [2.05, 4.69) is 10.4 Å². The van der Waals surface area contributed by atoms with Gasteiger partial charge in [-0.05, 0) is 42.5 Å². The molecule has 0 saturated heterocycles. The first-order valence-corrected chi connectivity index (χ1v) is 8.25. The fourth-order valence-electron chi connectivity index (χ4n) is 2.59. The summed E-state index contributed by atoms with van der Waals surface area (Å²) in [5.41, 5.74) is 1.22. The van der Waals surface area contributed by atoms with Crippen LogP contribution < -0.4 is 10.1 Å². The summed E-state index contributed by atoms with van der Waals surface area (Å²) in [6.07, 6.45) is 3.32.